The summed E-state index contributed by atoms with van der Waals surface area (Å²) in [6.07, 6.45) is 5.18. The van der Waals surface area contributed by atoms with E-state index in [2.05, 4.69) is 0 Å². The quantitative estimate of drug-likeness (QED) is 0.820. The third-order valence-electron chi connectivity index (χ3n) is 3.18. The van der Waals surface area contributed by atoms with E-state index >= 15 is 0 Å². The summed E-state index contributed by atoms with van der Waals surface area (Å²) < 4.78 is 10.7. The van der Waals surface area contributed by atoms with E-state index in [-0.39, 0.29) is 5.78 Å². The van der Waals surface area contributed by atoms with Crippen LogP contribution in [0.2, 0.25) is 0 Å². The van der Waals surface area contributed by atoms with Crippen LogP contribution in [0.5, 0.6) is 5.75 Å². The van der Waals surface area contributed by atoms with Gasteiger partial charge in [-0.1, -0.05) is 12.1 Å². The van der Waals surface area contributed by atoms with Crippen molar-refractivity contribution >= 4 is 5.78 Å². The fourth-order valence-electron chi connectivity index (χ4n) is 2.05. The van der Waals surface area contributed by atoms with Crippen LogP contribution in [0, 0.1) is 0 Å². The molecular weight excluding hydrogens is 228 g/mol. The number of hydrogen-bond acceptors (Lipinski definition) is 3. The molecule has 0 saturated carbocycles. The monoisotopic (exact) mass is 244 g/mol. The molecule has 18 heavy (non-hydrogen) atoms. The summed E-state index contributed by atoms with van der Waals surface area (Å²) in [7, 11) is 3.26. The number of ether oxygens (including phenoxy) is 2. The molecular formula is C15H16O3. The van der Waals surface area contributed by atoms with Gasteiger partial charge in [0.2, 0.25) is 0 Å². The lowest BCUT2D eigenvalue weighted by molar-refractivity contribution is -0.111. The highest BCUT2D eigenvalue weighted by Gasteiger charge is 2.30. The molecule has 0 radical (unpaired) electrons. The summed E-state index contributed by atoms with van der Waals surface area (Å²) in [4.78, 5) is 11.5. The second kappa shape index (κ2) is 4.78. The second-order valence-corrected chi connectivity index (χ2v) is 4.25. The van der Waals surface area contributed by atoms with Crippen LogP contribution in [0.25, 0.3) is 0 Å². The van der Waals surface area contributed by atoms with Crippen molar-refractivity contribution in [2.24, 2.45) is 0 Å². The zero-order valence-electron chi connectivity index (χ0n) is 10.8. The molecule has 1 aromatic carbocycles. The molecule has 0 bridgehead atoms. The number of carbonyl (C=O) groups is 1. The van der Waals surface area contributed by atoms with E-state index in [1.54, 1.807) is 33.3 Å². The summed E-state index contributed by atoms with van der Waals surface area (Å²) in [5.74, 6) is 0.817. The molecule has 2 rings (SSSR count). The van der Waals surface area contributed by atoms with Gasteiger partial charge in [0, 0.05) is 7.11 Å². The van der Waals surface area contributed by atoms with Gasteiger partial charge in [-0.05, 0) is 48.4 Å². The second-order valence-electron chi connectivity index (χ2n) is 4.25. The fraction of sp³-hybridized carbons (Fsp3) is 0.267. The Morgan fingerprint density at radius 3 is 2.28 bits per heavy atom. The molecule has 1 aromatic rings. The van der Waals surface area contributed by atoms with E-state index in [1.807, 2.05) is 30.3 Å². The average Bonchev–Trinajstić information content (AvgIpc) is 2.42. The van der Waals surface area contributed by atoms with Crippen molar-refractivity contribution in [3.63, 3.8) is 0 Å². The largest absolute Gasteiger partial charge is 0.497 e. The maximum atomic E-state index is 11.5. The molecule has 1 aliphatic carbocycles. The lowest BCUT2D eigenvalue weighted by Crippen LogP contribution is -2.27. The van der Waals surface area contributed by atoms with Crippen molar-refractivity contribution in [3.05, 3.63) is 53.6 Å². The third kappa shape index (κ3) is 2.09. The number of methoxy groups -OCH3 is 2. The van der Waals surface area contributed by atoms with Gasteiger partial charge in [0.25, 0.3) is 0 Å². The molecule has 0 fully saturated rings. The first-order chi connectivity index (χ1) is 8.61. The van der Waals surface area contributed by atoms with Crippen molar-refractivity contribution in [1.82, 2.24) is 0 Å². The molecule has 1 aliphatic rings. The van der Waals surface area contributed by atoms with Crippen LogP contribution in [0.4, 0.5) is 0 Å². The van der Waals surface area contributed by atoms with E-state index in [1.165, 1.54) is 0 Å². The minimum atomic E-state index is -0.662. The number of rotatable bonds is 3. The number of benzene rings is 1. The van der Waals surface area contributed by atoms with Gasteiger partial charge in [0.1, 0.15) is 11.4 Å². The average molecular weight is 244 g/mol. The third-order valence-corrected chi connectivity index (χ3v) is 3.18. The Morgan fingerprint density at radius 2 is 1.78 bits per heavy atom. The molecule has 3 nitrogen and oxygen atoms in total. The number of hydrogen-bond donors (Lipinski definition) is 0. The first-order valence-electron chi connectivity index (χ1n) is 5.74. The summed E-state index contributed by atoms with van der Waals surface area (Å²) in [6, 6.07) is 7.63. The van der Waals surface area contributed by atoms with E-state index in [4.69, 9.17) is 9.47 Å². The van der Waals surface area contributed by atoms with E-state index < -0.39 is 5.60 Å². The maximum absolute atomic E-state index is 11.5. The fourth-order valence-corrected chi connectivity index (χ4v) is 2.05. The van der Waals surface area contributed by atoms with Gasteiger partial charge in [-0.25, -0.2) is 0 Å². The first kappa shape index (κ1) is 12.6. The number of carbonyl (C=O) groups excluding carboxylic acids is 1. The van der Waals surface area contributed by atoms with Gasteiger partial charge < -0.3 is 9.47 Å². The van der Waals surface area contributed by atoms with Crippen LogP contribution >= 0.6 is 0 Å². The Labute approximate surface area is 107 Å². The minimum Gasteiger partial charge on any atom is -0.497 e. The SMILES string of the molecule is COc1ccc(C2(OC)C=CC(=O)C(C)=C2)cc1. The van der Waals surface area contributed by atoms with Crippen LogP contribution in [-0.2, 0) is 15.1 Å². The van der Waals surface area contributed by atoms with E-state index in [9.17, 15) is 4.79 Å². The Balaban J connectivity index is 2.44. The molecule has 0 heterocycles. The maximum Gasteiger partial charge on any atom is 0.181 e. The summed E-state index contributed by atoms with van der Waals surface area (Å²) >= 11 is 0. The first-order valence-corrected chi connectivity index (χ1v) is 5.74. The lowest BCUT2D eigenvalue weighted by atomic mass is 9.86. The van der Waals surface area contributed by atoms with Crippen LogP contribution < -0.4 is 4.74 Å². The molecule has 1 atom stereocenters. The predicted molar refractivity (Wildman–Crippen MR) is 69.6 cm³/mol. The number of ketones is 1. The zero-order chi connectivity index (χ0) is 13.2. The van der Waals surface area contributed by atoms with Crippen molar-refractivity contribution in [2.45, 2.75) is 12.5 Å². The van der Waals surface area contributed by atoms with Crippen molar-refractivity contribution in [2.75, 3.05) is 14.2 Å². The highest BCUT2D eigenvalue weighted by Crippen LogP contribution is 2.33. The van der Waals surface area contributed by atoms with Gasteiger partial charge >= 0.3 is 0 Å². The van der Waals surface area contributed by atoms with Crippen molar-refractivity contribution in [1.29, 1.82) is 0 Å². The Bertz CT molecular complexity index is 511. The van der Waals surface area contributed by atoms with E-state index in [0.29, 0.717) is 5.57 Å². The number of allylic oxidation sites excluding steroid dienone is 2. The van der Waals surface area contributed by atoms with Crippen LogP contribution in [0.1, 0.15) is 12.5 Å². The summed E-state index contributed by atoms with van der Waals surface area (Å²) in [6.45, 7) is 1.79. The molecule has 0 spiro atoms. The molecule has 0 aliphatic heterocycles. The standard InChI is InChI=1S/C15H16O3/c1-11-10-15(18-3,9-8-14(11)16)12-4-6-13(17-2)7-5-12/h4-10H,1-3H3. The molecule has 0 aromatic heterocycles. The minimum absolute atomic E-state index is 0.0242. The van der Waals surface area contributed by atoms with Crippen molar-refractivity contribution in [3.8, 4) is 5.75 Å². The molecule has 94 valence electrons. The topological polar surface area (TPSA) is 35.5 Å². The van der Waals surface area contributed by atoms with Gasteiger partial charge in [-0.3, -0.25) is 4.79 Å². The summed E-state index contributed by atoms with van der Waals surface area (Å²) in [5, 5.41) is 0. The molecule has 0 amide bonds. The van der Waals surface area contributed by atoms with E-state index in [0.717, 1.165) is 11.3 Å². The van der Waals surface area contributed by atoms with Crippen LogP contribution in [-0.4, -0.2) is 20.0 Å². The van der Waals surface area contributed by atoms with Crippen molar-refractivity contribution < 1.29 is 14.3 Å². The van der Waals surface area contributed by atoms with Crippen LogP contribution in [0.3, 0.4) is 0 Å². The molecule has 0 saturated heterocycles. The normalized spacial score (nSPS) is 22.8. The van der Waals surface area contributed by atoms with Gasteiger partial charge in [0.15, 0.2) is 5.78 Å². The molecule has 1 unspecified atom stereocenters. The molecule has 3 heteroatoms. The highest BCUT2D eigenvalue weighted by molar-refractivity contribution is 6.04. The zero-order valence-corrected chi connectivity index (χ0v) is 10.8. The predicted octanol–water partition coefficient (Wildman–Crippen LogP) is 2.62. The van der Waals surface area contributed by atoms with Gasteiger partial charge in [0.05, 0.1) is 7.11 Å². The van der Waals surface area contributed by atoms with Gasteiger partial charge in [-0.2, -0.15) is 0 Å². The highest BCUT2D eigenvalue weighted by atomic mass is 16.5. The Kier molecular flexibility index (Phi) is 3.34. The summed E-state index contributed by atoms with van der Waals surface area (Å²) in [5.41, 5.74) is 0.994. The molecule has 0 N–H and O–H groups in total. The Hall–Kier alpha value is -1.87. The van der Waals surface area contributed by atoms with Gasteiger partial charge in [-0.15, -0.1) is 0 Å². The smallest absolute Gasteiger partial charge is 0.181 e. The Morgan fingerprint density at radius 1 is 1.11 bits per heavy atom. The van der Waals surface area contributed by atoms with Crippen LogP contribution in [0.15, 0.2) is 48.1 Å². The lowest BCUT2D eigenvalue weighted by Gasteiger charge is -2.29.